The summed E-state index contributed by atoms with van der Waals surface area (Å²) in [6.07, 6.45) is 2.98. The normalized spacial score (nSPS) is 19.4. The molecule has 0 saturated carbocycles. The first kappa shape index (κ1) is 15.6. The molecule has 0 bridgehead atoms. The van der Waals surface area contributed by atoms with Gasteiger partial charge in [0.2, 0.25) is 0 Å². The molecule has 4 nitrogen and oxygen atoms in total. The van der Waals surface area contributed by atoms with E-state index in [1.54, 1.807) is 7.11 Å². The first-order chi connectivity index (χ1) is 8.33. The van der Waals surface area contributed by atoms with E-state index in [9.17, 15) is 0 Å². The summed E-state index contributed by atoms with van der Waals surface area (Å²) in [7, 11) is 1.68. The summed E-state index contributed by atoms with van der Waals surface area (Å²) >= 11 is 2.41. The Labute approximate surface area is 117 Å². The maximum absolute atomic E-state index is 6.03. The van der Waals surface area contributed by atoms with E-state index in [0.717, 1.165) is 50.1 Å². The van der Waals surface area contributed by atoms with Crippen molar-refractivity contribution in [3.05, 3.63) is 0 Å². The van der Waals surface area contributed by atoms with Gasteiger partial charge in [-0.1, -0.05) is 22.6 Å². The number of rotatable bonds is 9. The highest BCUT2D eigenvalue weighted by atomic mass is 127. The molecule has 0 amide bonds. The van der Waals surface area contributed by atoms with Crippen LogP contribution in [0.5, 0.6) is 0 Å². The van der Waals surface area contributed by atoms with E-state index in [2.05, 4.69) is 22.6 Å². The summed E-state index contributed by atoms with van der Waals surface area (Å²) in [5.74, 6) is 0. The van der Waals surface area contributed by atoms with Gasteiger partial charge in [0.05, 0.1) is 18.8 Å². The molecular weight excluding hydrogens is 335 g/mol. The quantitative estimate of drug-likeness (QED) is 0.359. The molecular formula is C12H23IO4. The molecule has 0 aromatic carbocycles. The van der Waals surface area contributed by atoms with E-state index in [-0.39, 0.29) is 5.60 Å². The lowest BCUT2D eigenvalue weighted by molar-refractivity contribution is -0.0978. The Kier molecular flexibility index (Phi) is 8.73. The lowest BCUT2D eigenvalue weighted by Gasteiger charge is -2.35. The SMILES string of the molecule is COCCOCCCOC1(CI)CCOCC1. The first-order valence-electron chi connectivity index (χ1n) is 6.17. The largest absolute Gasteiger partial charge is 0.382 e. The van der Waals surface area contributed by atoms with Gasteiger partial charge in [0, 0.05) is 50.8 Å². The number of hydrogen-bond donors (Lipinski definition) is 0. The molecule has 0 N–H and O–H groups in total. The van der Waals surface area contributed by atoms with Crippen LogP contribution in [0.25, 0.3) is 0 Å². The molecule has 0 aromatic rings. The Morgan fingerprint density at radius 1 is 1.12 bits per heavy atom. The van der Waals surface area contributed by atoms with Crippen LogP contribution in [0.3, 0.4) is 0 Å². The van der Waals surface area contributed by atoms with Gasteiger partial charge in [0.25, 0.3) is 0 Å². The average molecular weight is 358 g/mol. The maximum Gasteiger partial charge on any atom is 0.0815 e. The van der Waals surface area contributed by atoms with Gasteiger partial charge in [0.15, 0.2) is 0 Å². The van der Waals surface area contributed by atoms with Gasteiger partial charge in [-0.2, -0.15) is 0 Å². The molecule has 1 heterocycles. The van der Waals surface area contributed by atoms with Crippen LogP contribution in [0.4, 0.5) is 0 Å². The zero-order valence-corrected chi connectivity index (χ0v) is 12.7. The minimum atomic E-state index is 0.0470. The second-order valence-corrected chi connectivity index (χ2v) is 5.00. The Morgan fingerprint density at radius 2 is 1.88 bits per heavy atom. The van der Waals surface area contributed by atoms with Crippen LogP contribution in [-0.2, 0) is 18.9 Å². The molecule has 5 heteroatoms. The Balaban J connectivity index is 2.03. The van der Waals surface area contributed by atoms with Crippen LogP contribution in [0.2, 0.25) is 0 Å². The number of ether oxygens (including phenoxy) is 4. The van der Waals surface area contributed by atoms with Gasteiger partial charge in [-0.3, -0.25) is 0 Å². The number of alkyl halides is 1. The van der Waals surface area contributed by atoms with Crippen molar-refractivity contribution >= 4 is 22.6 Å². The molecule has 0 spiro atoms. The second kappa shape index (κ2) is 9.49. The number of halogens is 1. The molecule has 0 unspecified atom stereocenters. The zero-order chi connectivity index (χ0) is 12.4. The van der Waals surface area contributed by atoms with Crippen LogP contribution in [0.15, 0.2) is 0 Å². The van der Waals surface area contributed by atoms with Crippen molar-refractivity contribution in [2.24, 2.45) is 0 Å². The molecule has 1 fully saturated rings. The van der Waals surface area contributed by atoms with Crippen molar-refractivity contribution in [2.45, 2.75) is 24.9 Å². The molecule has 17 heavy (non-hydrogen) atoms. The molecule has 0 aliphatic carbocycles. The standard InChI is InChI=1S/C12H23IO4/c1-14-9-10-15-5-2-6-17-12(11-13)3-7-16-8-4-12/h2-11H2,1H3. The number of hydrogen-bond acceptors (Lipinski definition) is 4. The van der Waals surface area contributed by atoms with Crippen LogP contribution >= 0.6 is 22.6 Å². The Morgan fingerprint density at radius 3 is 2.53 bits per heavy atom. The molecule has 1 aliphatic rings. The summed E-state index contributed by atoms with van der Waals surface area (Å²) in [5.41, 5.74) is 0.0470. The highest BCUT2D eigenvalue weighted by Gasteiger charge is 2.32. The predicted octanol–water partition coefficient (Wildman–Crippen LogP) is 2.04. The molecule has 102 valence electrons. The van der Waals surface area contributed by atoms with E-state index >= 15 is 0 Å². The van der Waals surface area contributed by atoms with Gasteiger partial charge in [0.1, 0.15) is 0 Å². The van der Waals surface area contributed by atoms with Gasteiger partial charge >= 0.3 is 0 Å². The summed E-state index contributed by atoms with van der Waals surface area (Å²) in [6, 6.07) is 0. The number of methoxy groups -OCH3 is 1. The fourth-order valence-electron chi connectivity index (χ4n) is 1.75. The van der Waals surface area contributed by atoms with Crippen LogP contribution in [-0.4, -0.2) is 56.8 Å². The fraction of sp³-hybridized carbons (Fsp3) is 1.00. The van der Waals surface area contributed by atoms with Crippen molar-refractivity contribution in [1.29, 1.82) is 0 Å². The van der Waals surface area contributed by atoms with Crippen LogP contribution < -0.4 is 0 Å². The molecule has 1 rings (SSSR count). The third kappa shape index (κ3) is 6.33. The summed E-state index contributed by atoms with van der Waals surface area (Å²) < 4.78 is 22.7. The minimum Gasteiger partial charge on any atom is -0.382 e. The molecule has 0 atom stereocenters. The van der Waals surface area contributed by atoms with Crippen molar-refractivity contribution in [1.82, 2.24) is 0 Å². The molecule has 0 radical (unpaired) electrons. The topological polar surface area (TPSA) is 36.9 Å². The van der Waals surface area contributed by atoms with Gasteiger partial charge in [-0.05, 0) is 6.42 Å². The van der Waals surface area contributed by atoms with Crippen molar-refractivity contribution < 1.29 is 18.9 Å². The van der Waals surface area contributed by atoms with Crippen molar-refractivity contribution in [2.75, 3.05) is 51.2 Å². The van der Waals surface area contributed by atoms with E-state index in [4.69, 9.17) is 18.9 Å². The Bertz CT molecular complexity index is 183. The van der Waals surface area contributed by atoms with E-state index < -0.39 is 0 Å². The van der Waals surface area contributed by atoms with E-state index in [1.807, 2.05) is 0 Å². The summed E-state index contributed by atoms with van der Waals surface area (Å²) in [5, 5.41) is 0. The minimum absolute atomic E-state index is 0.0470. The third-order valence-corrected chi connectivity index (χ3v) is 4.31. The van der Waals surface area contributed by atoms with E-state index in [1.165, 1.54) is 0 Å². The zero-order valence-electron chi connectivity index (χ0n) is 10.6. The van der Waals surface area contributed by atoms with Crippen molar-refractivity contribution in [3.63, 3.8) is 0 Å². The highest BCUT2D eigenvalue weighted by Crippen LogP contribution is 2.27. The first-order valence-corrected chi connectivity index (χ1v) is 7.70. The van der Waals surface area contributed by atoms with Crippen LogP contribution in [0, 0.1) is 0 Å². The van der Waals surface area contributed by atoms with Gasteiger partial charge in [-0.15, -0.1) is 0 Å². The monoisotopic (exact) mass is 358 g/mol. The molecule has 1 aliphatic heterocycles. The maximum atomic E-state index is 6.03. The lowest BCUT2D eigenvalue weighted by atomic mass is 9.97. The Hall–Kier alpha value is 0.570. The van der Waals surface area contributed by atoms with E-state index in [0.29, 0.717) is 13.2 Å². The molecule has 1 saturated heterocycles. The van der Waals surface area contributed by atoms with Gasteiger partial charge in [-0.25, -0.2) is 0 Å². The second-order valence-electron chi connectivity index (χ2n) is 4.24. The fourth-order valence-corrected chi connectivity index (χ4v) is 2.74. The predicted molar refractivity (Wildman–Crippen MR) is 74.9 cm³/mol. The van der Waals surface area contributed by atoms with Gasteiger partial charge < -0.3 is 18.9 Å². The summed E-state index contributed by atoms with van der Waals surface area (Å²) in [4.78, 5) is 0. The smallest absolute Gasteiger partial charge is 0.0815 e. The lowest BCUT2D eigenvalue weighted by Crippen LogP contribution is -2.41. The van der Waals surface area contributed by atoms with Crippen LogP contribution in [0.1, 0.15) is 19.3 Å². The van der Waals surface area contributed by atoms with Crippen molar-refractivity contribution in [3.8, 4) is 0 Å². The highest BCUT2D eigenvalue weighted by molar-refractivity contribution is 14.1. The molecule has 0 aromatic heterocycles. The third-order valence-electron chi connectivity index (χ3n) is 2.92. The average Bonchev–Trinajstić information content (AvgIpc) is 2.39. The summed E-state index contributed by atoms with van der Waals surface area (Å²) in [6.45, 7) is 4.51.